The molecule has 0 unspecified atom stereocenters. The number of amides is 1. The van der Waals surface area contributed by atoms with Gasteiger partial charge in [0.2, 0.25) is 5.95 Å². The molecule has 2 rings (SSSR count). The Morgan fingerprint density at radius 3 is 2.58 bits per heavy atom. The first-order chi connectivity index (χ1) is 12.6. The Morgan fingerprint density at radius 1 is 1.15 bits per heavy atom. The molecule has 0 aliphatic carbocycles. The third-order valence-electron chi connectivity index (χ3n) is 4.29. The van der Waals surface area contributed by atoms with Crippen molar-refractivity contribution in [2.24, 2.45) is 0 Å². The first-order valence-corrected chi connectivity index (χ1v) is 9.32. The molecule has 140 valence electrons. The molecule has 1 aromatic carbocycles. The number of anilines is 3. The number of rotatable bonds is 9. The molecule has 0 saturated heterocycles. The van der Waals surface area contributed by atoms with E-state index in [-0.39, 0.29) is 5.91 Å². The second kappa shape index (κ2) is 9.75. The quantitative estimate of drug-likeness (QED) is 0.668. The van der Waals surface area contributed by atoms with Crippen LogP contribution in [0.5, 0.6) is 0 Å². The molecule has 0 spiro atoms. The van der Waals surface area contributed by atoms with Crippen LogP contribution < -0.4 is 15.5 Å². The highest BCUT2D eigenvalue weighted by molar-refractivity contribution is 5.92. The molecule has 0 bridgehead atoms. The summed E-state index contributed by atoms with van der Waals surface area (Å²) in [6.45, 7) is 11.0. The molecule has 6 heteroatoms. The van der Waals surface area contributed by atoms with E-state index in [1.165, 1.54) is 5.69 Å². The molecule has 0 atom stereocenters. The van der Waals surface area contributed by atoms with Gasteiger partial charge in [-0.1, -0.05) is 13.3 Å². The standard InChI is InChI=1S/C20H29N5O/c1-5-8-12-21-19(26)18-11-13-22-20(24-18)23-17-10-9-16(14-15(17)4)25(6-2)7-3/h9-11,13-14H,5-8,12H2,1-4H3,(H,21,26)(H,22,23,24). The lowest BCUT2D eigenvalue weighted by atomic mass is 10.1. The molecule has 1 aromatic heterocycles. The maximum atomic E-state index is 12.1. The first kappa shape index (κ1) is 19.7. The van der Waals surface area contributed by atoms with E-state index >= 15 is 0 Å². The van der Waals surface area contributed by atoms with Gasteiger partial charge in [-0.25, -0.2) is 9.97 Å². The average Bonchev–Trinajstić information content (AvgIpc) is 2.65. The van der Waals surface area contributed by atoms with E-state index in [4.69, 9.17) is 0 Å². The fourth-order valence-corrected chi connectivity index (χ4v) is 2.71. The lowest BCUT2D eigenvalue weighted by Gasteiger charge is -2.22. The van der Waals surface area contributed by atoms with Crippen LogP contribution in [-0.2, 0) is 0 Å². The maximum Gasteiger partial charge on any atom is 0.270 e. The van der Waals surface area contributed by atoms with Crippen molar-refractivity contribution >= 4 is 23.2 Å². The van der Waals surface area contributed by atoms with Crippen molar-refractivity contribution in [3.05, 3.63) is 41.7 Å². The highest BCUT2D eigenvalue weighted by Gasteiger charge is 2.10. The summed E-state index contributed by atoms with van der Waals surface area (Å²) < 4.78 is 0. The Hall–Kier alpha value is -2.63. The van der Waals surface area contributed by atoms with Gasteiger partial charge in [0.05, 0.1) is 0 Å². The highest BCUT2D eigenvalue weighted by Crippen LogP contribution is 2.24. The third kappa shape index (κ3) is 5.18. The van der Waals surface area contributed by atoms with Crippen LogP contribution in [0.15, 0.2) is 30.5 Å². The van der Waals surface area contributed by atoms with E-state index in [2.05, 4.69) is 65.3 Å². The van der Waals surface area contributed by atoms with Crippen molar-refractivity contribution in [1.82, 2.24) is 15.3 Å². The van der Waals surface area contributed by atoms with Crippen molar-refractivity contribution in [3.63, 3.8) is 0 Å². The number of unbranched alkanes of at least 4 members (excludes halogenated alkanes) is 1. The van der Waals surface area contributed by atoms with Gasteiger partial charge < -0.3 is 15.5 Å². The van der Waals surface area contributed by atoms with E-state index in [9.17, 15) is 4.79 Å². The molecule has 1 amide bonds. The molecule has 26 heavy (non-hydrogen) atoms. The van der Waals surface area contributed by atoms with E-state index < -0.39 is 0 Å². The fraction of sp³-hybridized carbons (Fsp3) is 0.450. The molecule has 1 heterocycles. The Labute approximate surface area is 156 Å². The minimum absolute atomic E-state index is 0.169. The predicted molar refractivity (Wildman–Crippen MR) is 107 cm³/mol. The number of aromatic nitrogens is 2. The average molecular weight is 355 g/mol. The normalized spacial score (nSPS) is 10.5. The van der Waals surface area contributed by atoms with Crippen LogP contribution in [0, 0.1) is 6.92 Å². The zero-order valence-electron chi connectivity index (χ0n) is 16.2. The minimum Gasteiger partial charge on any atom is -0.372 e. The van der Waals surface area contributed by atoms with Crippen molar-refractivity contribution in [3.8, 4) is 0 Å². The van der Waals surface area contributed by atoms with E-state index in [1.54, 1.807) is 12.3 Å². The topological polar surface area (TPSA) is 70.2 Å². The van der Waals surface area contributed by atoms with E-state index in [0.717, 1.165) is 37.2 Å². The third-order valence-corrected chi connectivity index (χ3v) is 4.29. The second-order valence-corrected chi connectivity index (χ2v) is 6.17. The van der Waals surface area contributed by atoms with Crippen LogP contribution in [0.4, 0.5) is 17.3 Å². The molecule has 2 N–H and O–H groups in total. The molecular formula is C20H29N5O. The first-order valence-electron chi connectivity index (χ1n) is 9.32. The zero-order chi connectivity index (χ0) is 18.9. The van der Waals surface area contributed by atoms with Gasteiger partial charge in [0, 0.05) is 37.2 Å². The fourth-order valence-electron chi connectivity index (χ4n) is 2.71. The molecule has 0 aliphatic rings. The Balaban J connectivity index is 2.11. The van der Waals surface area contributed by atoms with Crippen LogP contribution in [0.3, 0.4) is 0 Å². The molecular weight excluding hydrogens is 326 g/mol. The van der Waals surface area contributed by atoms with Gasteiger partial charge in [0.25, 0.3) is 5.91 Å². The zero-order valence-corrected chi connectivity index (χ0v) is 16.2. The van der Waals surface area contributed by atoms with Crippen LogP contribution in [0.1, 0.15) is 49.7 Å². The van der Waals surface area contributed by atoms with Crippen molar-refractivity contribution in [2.45, 2.75) is 40.5 Å². The smallest absolute Gasteiger partial charge is 0.270 e. The summed E-state index contributed by atoms with van der Waals surface area (Å²) in [5.41, 5.74) is 3.61. The predicted octanol–water partition coefficient (Wildman–Crippen LogP) is 3.90. The van der Waals surface area contributed by atoms with Crippen molar-refractivity contribution in [1.29, 1.82) is 0 Å². The lowest BCUT2D eigenvalue weighted by Crippen LogP contribution is -2.25. The monoisotopic (exact) mass is 355 g/mol. The maximum absolute atomic E-state index is 12.1. The summed E-state index contributed by atoms with van der Waals surface area (Å²) in [4.78, 5) is 23.0. The van der Waals surface area contributed by atoms with Gasteiger partial charge in [-0.15, -0.1) is 0 Å². The Morgan fingerprint density at radius 2 is 1.92 bits per heavy atom. The second-order valence-electron chi connectivity index (χ2n) is 6.17. The summed E-state index contributed by atoms with van der Waals surface area (Å²) in [6, 6.07) is 7.89. The van der Waals surface area contributed by atoms with Crippen LogP contribution in [0.2, 0.25) is 0 Å². The van der Waals surface area contributed by atoms with Gasteiger partial charge in [-0.05, 0) is 57.0 Å². The number of carbonyl (C=O) groups is 1. The summed E-state index contributed by atoms with van der Waals surface area (Å²) in [7, 11) is 0. The minimum atomic E-state index is -0.169. The van der Waals surface area contributed by atoms with Crippen LogP contribution in [-0.4, -0.2) is 35.5 Å². The summed E-state index contributed by atoms with van der Waals surface area (Å²) in [6.07, 6.45) is 3.60. The van der Waals surface area contributed by atoms with Crippen molar-refractivity contribution in [2.75, 3.05) is 29.9 Å². The number of carbonyl (C=O) groups excluding carboxylic acids is 1. The number of aryl methyl sites for hydroxylation is 1. The summed E-state index contributed by atoms with van der Waals surface area (Å²) >= 11 is 0. The van der Waals surface area contributed by atoms with Crippen LogP contribution in [0.25, 0.3) is 0 Å². The number of hydrogen-bond donors (Lipinski definition) is 2. The van der Waals surface area contributed by atoms with E-state index in [1.807, 2.05) is 6.07 Å². The SMILES string of the molecule is CCCCNC(=O)c1ccnc(Nc2ccc(N(CC)CC)cc2C)n1. The summed E-state index contributed by atoms with van der Waals surface area (Å²) in [5.74, 6) is 0.254. The number of nitrogens with zero attached hydrogens (tertiary/aromatic N) is 3. The molecule has 0 radical (unpaired) electrons. The van der Waals surface area contributed by atoms with Gasteiger partial charge >= 0.3 is 0 Å². The Bertz CT molecular complexity index is 728. The summed E-state index contributed by atoms with van der Waals surface area (Å²) in [5, 5.41) is 6.09. The Kier molecular flexibility index (Phi) is 7.38. The number of nitrogens with one attached hydrogen (secondary N) is 2. The highest BCUT2D eigenvalue weighted by atomic mass is 16.1. The molecule has 0 aliphatic heterocycles. The van der Waals surface area contributed by atoms with Gasteiger partial charge in [-0.2, -0.15) is 0 Å². The van der Waals surface area contributed by atoms with Gasteiger partial charge in [0.15, 0.2) is 0 Å². The van der Waals surface area contributed by atoms with Crippen LogP contribution >= 0.6 is 0 Å². The molecule has 0 saturated carbocycles. The van der Waals surface area contributed by atoms with Gasteiger partial charge in [0.1, 0.15) is 5.69 Å². The molecule has 6 nitrogen and oxygen atoms in total. The molecule has 0 fully saturated rings. The largest absolute Gasteiger partial charge is 0.372 e. The van der Waals surface area contributed by atoms with Crippen molar-refractivity contribution < 1.29 is 4.79 Å². The lowest BCUT2D eigenvalue weighted by molar-refractivity contribution is 0.0948. The number of hydrogen-bond acceptors (Lipinski definition) is 5. The van der Waals surface area contributed by atoms with E-state index in [0.29, 0.717) is 18.2 Å². The number of benzene rings is 1. The molecule has 2 aromatic rings. The van der Waals surface area contributed by atoms with Gasteiger partial charge in [-0.3, -0.25) is 4.79 Å².